The number of alkyl halides is 1. The average Bonchev–Trinajstić information content (AvgIpc) is 3.06. The zero-order valence-corrected chi connectivity index (χ0v) is 15.7. The number of nitrogens with zero attached hydrogens (tertiary/aromatic N) is 3. The number of carbonyl (C=O) groups is 1. The molecule has 1 N–H and O–H groups in total. The number of H-pyrrole nitrogens is 1. The van der Waals surface area contributed by atoms with Crippen LogP contribution in [-0.4, -0.2) is 50.9 Å². The number of aromatic amines is 1. The Bertz CT molecular complexity index is 815. The van der Waals surface area contributed by atoms with Gasteiger partial charge >= 0.3 is 0 Å². The van der Waals surface area contributed by atoms with Gasteiger partial charge in [-0.25, -0.2) is 4.39 Å². The molecule has 6 nitrogen and oxygen atoms in total. The molecule has 144 valence electrons. The van der Waals surface area contributed by atoms with Gasteiger partial charge in [0.25, 0.3) is 5.91 Å². The van der Waals surface area contributed by atoms with Gasteiger partial charge in [-0.05, 0) is 38.8 Å². The van der Waals surface area contributed by atoms with Crippen LogP contribution in [-0.2, 0) is 17.6 Å². The molecule has 4 heterocycles. The van der Waals surface area contributed by atoms with Crippen molar-refractivity contribution < 1.29 is 13.9 Å². The van der Waals surface area contributed by atoms with Crippen LogP contribution < -0.4 is 0 Å². The Morgan fingerprint density at radius 1 is 1.37 bits per heavy atom. The Morgan fingerprint density at radius 3 is 2.85 bits per heavy atom. The normalized spacial score (nSPS) is 24.5. The second kappa shape index (κ2) is 7.03. The molecule has 27 heavy (non-hydrogen) atoms. The van der Waals surface area contributed by atoms with E-state index in [0.29, 0.717) is 44.5 Å². The molecule has 2 atom stereocenters. The SMILES string of the molecule is C[C@@H]1Cc2c(C(=O)N3CCC(F)(Cc4ccccn4)CC3)n[nH]c2[C@H](C)O1. The molecule has 0 aliphatic carbocycles. The smallest absolute Gasteiger partial charge is 0.274 e. The van der Waals surface area contributed by atoms with Gasteiger partial charge in [0.15, 0.2) is 5.69 Å². The number of ether oxygens (including phenoxy) is 1. The number of carbonyl (C=O) groups excluding carboxylic acids is 1. The molecule has 0 radical (unpaired) electrons. The van der Waals surface area contributed by atoms with Crippen LogP contribution in [0.1, 0.15) is 60.2 Å². The number of fused-ring (bicyclic) bond motifs is 1. The highest BCUT2D eigenvalue weighted by Crippen LogP contribution is 2.33. The summed E-state index contributed by atoms with van der Waals surface area (Å²) in [7, 11) is 0. The Balaban J connectivity index is 1.44. The van der Waals surface area contributed by atoms with E-state index in [9.17, 15) is 4.79 Å². The highest BCUT2D eigenvalue weighted by atomic mass is 19.1. The van der Waals surface area contributed by atoms with E-state index >= 15 is 4.39 Å². The lowest BCUT2D eigenvalue weighted by Gasteiger charge is -2.36. The van der Waals surface area contributed by atoms with Crippen LogP contribution in [0.15, 0.2) is 24.4 Å². The van der Waals surface area contributed by atoms with Crippen LogP contribution in [0.3, 0.4) is 0 Å². The summed E-state index contributed by atoms with van der Waals surface area (Å²) < 4.78 is 21.0. The number of amides is 1. The largest absolute Gasteiger partial charge is 0.369 e. The summed E-state index contributed by atoms with van der Waals surface area (Å²) >= 11 is 0. The number of halogens is 1. The first-order chi connectivity index (χ1) is 13.0. The van der Waals surface area contributed by atoms with Gasteiger partial charge in [-0.2, -0.15) is 5.10 Å². The topological polar surface area (TPSA) is 71.1 Å². The summed E-state index contributed by atoms with van der Waals surface area (Å²) in [5, 5.41) is 7.22. The minimum Gasteiger partial charge on any atom is -0.369 e. The van der Waals surface area contributed by atoms with Gasteiger partial charge < -0.3 is 9.64 Å². The van der Waals surface area contributed by atoms with Crippen LogP contribution in [0.25, 0.3) is 0 Å². The van der Waals surface area contributed by atoms with Gasteiger partial charge in [0, 0.05) is 43.4 Å². The van der Waals surface area contributed by atoms with E-state index in [1.54, 1.807) is 11.1 Å². The number of aromatic nitrogens is 3. The molecule has 0 bridgehead atoms. The third-order valence-electron chi connectivity index (χ3n) is 5.61. The second-order valence-corrected chi connectivity index (χ2v) is 7.70. The van der Waals surface area contributed by atoms with Crippen LogP contribution in [0.5, 0.6) is 0 Å². The first-order valence-corrected chi connectivity index (χ1v) is 9.56. The van der Waals surface area contributed by atoms with Crippen LogP contribution >= 0.6 is 0 Å². The average molecular weight is 372 g/mol. The van der Waals surface area contributed by atoms with Crippen molar-refractivity contribution in [3.05, 3.63) is 47.0 Å². The van der Waals surface area contributed by atoms with Crippen LogP contribution in [0, 0.1) is 0 Å². The zero-order chi connectivity index (χ0) is 19.0. The van der Waals surface area contributed by atoms with E-state index in [1.165, 1.54) is 0 Å². The lowest BCUT2D eigenvalue weighted by molar-refractivity contribution is -0.00705. The number of hydrogen-bond donors (Lipinski definition) is 1. The summed E-state index contributed by atoms with van der Waals surface area (Å²) in [6, 6.07) is 5.54. The zero-order valence-electron chi connectivity index (χ0n) is 15.7. The lowest BCUT2D eigenvalue weighted by atomic mass is 9.88. The molecule has 2 aliphatic heterocycles. The van der Waals surface area contributed by atoms with Gasteiger partial charge in [-0.1, -0.05) is 6.07 Å². The van der Waals surface area contributed by atoms with Crippen molar-refractivity contribution >= 4 is 5.91 Å². The van der Waals surface area contributed by atoms with E-state index < -0.39 is 5.67 Å². The fourth-order valence-electron chi connectivity index (χ4n) is 4.11. The van der Waals surface area contributed by atoms with E-state index in [2.05, 4.69) is 15.2 Å². The monoisotopic (exact) mass is 372 g/mol. The Hall–Kier alpha value is -2.28. The van der Waals surface area contributed by atoms with Crippen molar-refractivity contribution in [2.45, 2.75) is 57.4 Å². The van der Waals surface area contributed by atoms with Crippen LogP contribution in [0.4, 0.5) is 4.39 Å². The van der Waals surface area contributed by atoms with Gasteiger partial charge in [0.05, 0.1) is 17.9 Å². The van der Waals surface area contributed by atoms with Gasteiger partial charge in [-0.3, -0.25) is 14.9 Å². The second-order valence-electron chi connectivity index (χ2n) is 7.70. The highest BCUT2D eigenvalue weighted by Gasteiger charge is 2.38. The molecular formula is C20H25FN4O2. The molecule has 1 amide bonds. The molecule has 2 aliphatic rings. The third-order valence-corrected chi connectivity index (χ3v) is 5.61. The van der Waals surface area contributed by atoms with E-state index in [-0.39, 0.29) is 18.1 Å². The molecule has 1 fully saturated rings. The molecule has 0 saturated carbocycles. The molecule has 0 unspecified atom stereocenters. The maximum Gasteiger partial charge on any atom is 0.274 e. The minimum absolute atomic E-state index is 0.0508. The van der Waals surface area contributed by atoms with E-state index in [1.807, 2.05) is 32.0 Å². The standard InChI is InChI=1S/C20H25FN4O2/c1-13-11-16-17(14(2)27-13)23-24-18(16)19(26)25-9-6-20(21,7-10-25)12-15-5-3-4-8-22-15/h3-5,8,13-14H,6-7,9-12H2,1-2H3,(H,23,24)/t13-,14+/m1/s1. The van der Waals surface area contributed by atoms with E-state index in [0.717, 1.165) is 17.0 Å². The van der Waals surface area contributed by atoms with Crippen molar-refractivity contribution in [3.63, 3.8) is 0 Å². The molecule has 4 rings (SSSR count). The van der Waals surface area contributed by atoms with Gasteiger partial charge in [0.1, 0.15) is 5.67 Å². The number of hydrogen-bond acceptors (Lipinski definition) is 4. The summed E-state index contributed by atoms with van der Waals surface area (Å²) in [6.45, 7) is 4.74. The van der Waals surface area contributed by atoms with Gasteiger partial charge in [-0.15, -0.1) is 0 Å². The molecule has 0 aromatic carbocycles. The lowest BCUT2D eigenvalue weighted by Crippen LogP contribution is -2.46. The number of likely N-dealkylation sites (tertiary alicyclic amines) is 1. The number of piperidine rings is 1. The Labute approximate surface area is 158 Å². The molecule has 0 spiro atoms. The highest BCUT2D eigenvalue weighted by molar-refractivity contribution is 5.94. The van der Waals surface area contributed by atoms with Crippen molar-refractivity contribution in [2.75, 3.05) is 13.1 Å². The molecule has 7 heteroatoms. The molecule has 2 aromatic heterocycles. The first kappa shape index (κ1) is 18.1. The summed E-state index contributed by atoms with van der Waals surface area (Å²) in [5.74, 6) is -0.117. The quantitative estimate of drug-likeness (QED) is 0.899. The summed E-state index contributed by atoms with van der Waals surface area (Å²) in [4.78, 5) is 18.9. The maximum absolute atomic E-state index is 15.2. The Kier molecular flexibility index (Phi) is 4.72. The number of nitrogens with one attached hydrogen (secondary N) is 1. The van der Waals surface area contributed by atoms with E-state index in [4.69, 9.17) is 4.74 Å². The first-order valence-electron chi connectivity index (χ1n) is 9.56. The van der Waals surface area contributed by atoms with Crippen LogP contribution in [0.2, 0.25) is 0 Å². The van der Waals surface area contributed by atoms with Crippen molar-refractivity contribution in [1.29, 1.82) is 0 Å². The number of pyridine rings is 1. The molecule has 2 aromatic rings. The minimum atomic E-state index is -1.31. The predicted molar refractivity (Wildman–Crippen MR) is 98.2 cm³/mol. The Morgan fingerprint density at radius 2 is 2.15 bits per heavy atom. The fraction of sp³-hybridized carbons (Fsp3) is 0.550. The molecular weight excluding hydrogens is 347 g/mol. The summed E-state index contributed by atoms with van der Waals surface area (Å²) in [5.41, 5.74) is 1.72. The molecule has 1 saturated heterocycles. The van der Waals surface area contributed by atoms with Crippen molar-refractivity contribution in [1.82, 2.24) is 20.1 Å². The fourth-order valence-corrected chi connectivity index (χ4v) is 4.11. The van der Waals surface area contributed by atoms with Gasteiger partial charge in [0.2, 0.25) is 0 Å². The van der Waals surface area contributed by atoms with Crippen molar-refractivity contribution in [3.8, 4) is 0 Å². The van der Waals surface area contributed by atoms with Crippen molar-refractivity contribution in [2.24, 2.45) is 0 Å². The number of rotatable bonds is 3. The maximum atomic E-state index is 15.2. The summed E-state index contributed by atoms with van der Waals surface area (Å²) in [6.07, 6.45) is 3.23. The third kappa shape index (κ3) is 3.60. The predicted octanol–water partition coefficient (Wildman–Crippen LogP) is 3.01.